The van der Waals surface area contributed by atoms with Crippen molar-refractivity contribution in [2.45, 2.75) is 32.0 Å². The minimum absolute atomic E-state index is 0.120. The molecule has 33 heavy (non-hydrogen) atoms. The number of hydrogen-bond donors (Lipinski definition) is 0. The zero-order valence-corrected chi connectivity index (χ0v) is 17.6. The molecule has 2 aromatic carbocycles. The maximum atomic E-state index is 13.5. The summed E-state index contributed by atoms with van der Waals surface area (Å²) in [5.74, 6) is -0.436. The maximum Gasteiger partial charge on any atom is 0.337 e. The SMILES string of the molecule is N#Cc1ccccc1Cn1cnc2c1c(=O)n(C[C@@H]1CCCO1)c(=O)n2-c1ccc(F)cc1. The second-order valence-electron chi connectivity index (χ2n) is 7.96. The highest BCUT2D eigenvalue weighted by atomic mass is 19.1. The largest absolute Gasteiger partial charge is 0.376 e. The van der Waals surface area contributed by atoms with E-state index in [9.17, 15) is 19.2 Å². The van der Waals surface area contributed by atoms with E-state index in [0.29, 0.717) is 17.9 Å². The Labute approximate surface area is 187 Å². The molecule has 4 aromatic rings. The van der Waals surface area contributed by atoms with Crippen LogP contribution in [0, 0.1) is 17.1 Å². The highest BCUT2D eigenvalue weighted by Gasteiger charge is 2.23. The van der Waals surface area contributed by atoms with E-state index < -0.39 is 17.1 Å². The highest BCUT2D eigenvalue weighted by molar-refractivity contribution is 5.72. The predicted molar refractivity (Wildman–Crippen MR) is 119 cm³/mol. The van der Waals surface area contributed by atoms with Crippen molar-refractivity contribution in [2.75, 3.05) is 6.61 Å². The molecule has 1 aliphatic heterocycles. The summed E-state index contributed by atoms with van der Waals surface area (Å²) in [6.45, 7) is 0.947. The molecule has 0 N–H and O–H groups in total. The Morgan fingerprint density at radius 3 is 2.67 bits per heavy atom. The van der Waals surface area contributed by atoms with Crippen LogP contribution in [0.4, 0.5) is 4.39 Å². The lowest BCUT2D eigenvalue weighted by Gasteiger charge is -2.15. The molecule has 8 nitrogen and oxygen atoms in total. The topological polar surface area (TPSA) is 94.8 Å². The van der Waals surface area contributed by atoms with Crippen molar-refractivity contribution in [3.05, 3.63) is 92.6 Å². The van der Waals surface area contributed by atoms with Gasteiger partial charge in [-0.3, -0.25) is 9.36 Å². The van der Waals surface area contributed by atoms with Crippen LogP contribution in [-0.4, -0.2) is 31.4 Å². The summed E-state index contributed by atoms with van der Waals surface area (Å²) in [7, 11) is 0. The first kappa shape index (κ1) is 20.8. The molecule has 0 amide bonds. The molecule has 1 atom stereocenters. The van der Waals surface area contributed by atoms with Gasteiger partial charge in [-0.15, -0.1) is 0 Å². The third-order valence-corrected chi connectivity index (χ3v) is 5.87. The Morgan fingerprint density at radius 1 is 1.15 bits per heavy atom. The van der Waals surface area contributed by atoms with Crippen molar-refractivity contribution in [3.8, 4) is 11.8 Å². The number of ether oxygens (including phenoxy) is 1. The molecule has 2 aromatic heterocycles. The van der Waals surface area contributed by atoms with Crippen molar-refractivity contribution in [2.24, 2.45) is 0 Å². The Balaban J connectivity index is 1.73. The Hall–Kier alpha value is -4.03. The molecular weight excluding hydrogens is 425 g/mol. The molecule has 3 heterocycles. The zero-order chi connectivity index (χ0) is 22.9. The van der Waals surface area contributed by atoms with Gasteiger partial charge in [-0.1, -0.05) is 18.2 Å². The number of imidazole rings is 1. The van der Waals surface area contributed by atoms with Crippen molar-refractivity contribution in [3.63, 3.8) is 0 Å². The molecule has 0 unspecified atom stereocenters. The molecule has 5 rings (SSSR count). The molecule has 166 valence electrons. The van der Waals surface area contributed by atoms with Gasteiger partial charge in [-0.25, -0.2) is 18.7 Å². The summed E-state index contributed by atoms with van der Waals surface area (Å²) in [6, 6.07) is 14.7. The lowest BCUT2D eigenvalue weighted by Crippen LogP contribution is -2.42. The standard InChI is InChI=1S/C24H20FN5O3/c25-18-7-9-19(10-8-18)30-22-21(23(31)29(24(30)32)14-20-6-3-11-33-20)28(15-27-22)13-17-5-2-1-4-16(17)12-26/h1-2,4-5,7-10,15,20H,3,6,11,13-14H2/t20-/m0/s1. The van der Waals surface area contributed by atoms with Crippen LogP contribution < -0.4 is 11.2 Å². The second kappa shape index (κ2) is 8.48. The van der Waals surface area contributed by atoms with E-state index in [0.717, 1.165) is 23.0 Å². The van der Waals surface area contributed by atoms with Crippen molar-refractivity contribution in [1.82, 2.24) is 18.7 Å². The van der Waals surface area contributed by atoms with Crippen LogP contribution in [0.3, 0.4) is 0 Å². The van der Waals surface area contributed by atoms with Gasteiger partial charge in [0.1, 0.15) is 5.82 Å². The number of fused-ring (bicyclic) bond motifs is 1. The summed E-state index contributed by atoms with van der Waals surface area (Å²) >= 11 is 0. The molecule has 1 fully saturated rings. The van der Waals surface area contributed by atoms with Crippen LogP contribution in [0.2, 0.25) is 0 Å². The summed E-state index contributed by atoms with van der Waals surface area (Å²) in [5, 5.41) is 9.44. The third kappa shape index (κ3) is 3.75. The van der Waals surface area contributed by atoms with E-state index in [1.807, 2.05) is 12.1 Å². The smallest absolute Gasteiger partial charge is 0.337 e. The lowest BCUT2D eigenvalue weighted by atomic mass is 10.1. The fourth-order valence-electron chi connectivity index (χ4n) is 4.23. The number of nitrogens with zero attached hydrogens (tertiary/aromatic N) is 5. The van der Waals surface area contributed by atoms with Crippen LogP contribution in [0.5, 0.6) is 0 Å². The van der Waals surface area contributed by atoms with Crippen LogP contribution in [-0.2, 0) is 17.8 Å². The minimum atomic E-state index is -0.558. The van der Waals surface area contributed by atoms with Gasteiger partial charge in [-0.05, 0) is 48.7 Å². The monoisotopic (exact) mass is 445 g/mol. The van der Waals surface area contributed by atoms with Gasteiger partial charge < -0.3 is 9.30 Å². The van der Waals surface area contributed by atoms with E-state index in [1.54, 1.807) is 16.7 Å². The van der Waals surface area contributed by atoms with Crippen LogP contribution in [0.15, 0.2) is 64.4 Å². The molecule has 0 bridgehead atoms. The number of hydrogen-bond acceptors (Lipinski definition) is 5. The summed E-state index contributed by atoms with van der Waals surface area (Å²) < 4.78 is 23.3. The molecular formula is C24H20FN5O3. The summed E-state index contributed by atoms with van der Waals surface area (Å²) in [5.41, 5.74) is 0.984. The predicted octanol–water partition coefficient (Wildman–Crippen LogP) is 2.59. The first-order chi connectivity index (χ1) is 16.1. The Morgan fingerprint density at radius 2 is 1.94 bits per heavy atom. The van der Waals surface area contributed by atoms with Gasteiger partial charge in [0.15, 0.2) is 11.2 Å². The van der Waals surface area contributed by atoms with E-state index in [4.69, 9.17) is 4.74 Å². The molecule has 1 aliphatic rings. The number of halogens is 1. The van der Waals surface area contributed by atoms with E-state index in [1.165, 1.54) is 35.2 Å². The quantitative estimate of drug-likeness (QED) is 0.471. The van der Waals surface area contributed by atoms with Gasteiger partial charge in [0.2, 0.25) is 0 Å². The van der Waals surface area contributed by atoms with Crippen molar-refractivity contribution < 1.29 is 9.13 Å². The summed E-state index contributed by atoms with van der Waals surface area (Å²) in [6.07, 6.45) is 2.88. The van der Waals surface area contributed by atoms with Gasteiger partial charge in [0, 0.05) is 6.61 Å². The van der Waals surface area contributed by atoms with Crippen molar-refractivity contribution >= 4 is 11.2 Å². The fraction of sp³-hybridized carbons (Fsp3) is 0.250. The van der Waals surface area contributed by atoms with Gasteiger partial charge in [-0.2, -0.15) is 5.26 Å². The average Bonchev–Trinajstić information content (AvgIpc) is 3.49. The average molecular weight is 445 g/mol. The number of benzene rings is 2. The van der Waals surface area contributed by atoms with E-state index >= 15 is 0 Å². The highest BCUT2D eigenvalue weighted by Crippen LogP contribution is 2.18. The van der Waals surface area contributed by atoms with Gasteiger partial charge in [0.25, 0.3) is 5.56 Å². The number of aromatic nitrogens is 4. The fourth-order valence-corrected chi connectivity index (χ4v) is 4.23. The number of nitriles is 1. The molecule has 0 spiro atoms. The molecule has 9 heteroatoms. The van der Waals surface area contributed by atoms with Gasteiger partial charge >= 0.3 is 5.69 Å². The van der Waals surface area contributed by atoms with Crippen molar-refractivity contribution in [1.29, 1.82) is 5.26 Å². The minimum Gasteiger partial charge on any atom is -0.376 e. The number of rotatable bonds is 5. The molecule has 0 radical (unpaired) electrons. The first-order valence-electron chi connectivity index (χ1n) is 10.6. The van der Waals surface area contributed by atoms with Crippen LogP contribution in [0.1, 0.15) is 24.0 Å². The van der Waals surface area contributed by atoms with Gasteiger partial charge in [0.05, 0.1) is 42.8 Å². The Kier molecular flexibility index (Phi) is 5.36. The normalized spacial score (nSPS) is 15.7. The van der Waals surface area contributed by atoms with Crippen LogP contribution in [0.25, 0.3) is 16.9 Å². The second-order valence-corrected chi connectivity index (χ2v) is 7.96. The van der Waals surface area contributed by atoms with E-state index in [2.05, 4.69) is 11.1 Å². The zero-order valence-electron chi connectivity index (χ0n) is 17.6. The molecule has 1 saturated heterocycles. The van der Waals surface area contributed by atoms with Crippen LogP contribution >= 0.6 is 0 Å². The first-order valence-corrected chi connectivity index (χ1v) is 10.6. The van der Waals surface area contributed by atoms with E-state index in [-0.39, 0.29) is 30.4 Å². The third-order valence-electron chi connectivity index (χ3n) is 5.87. The lowest BCUT2D eigenvalue weighted by molar-refractivity contribution is 0.0950. The molecule has 0 saturated carbocycles. The molecule has 0 aliphatic carbocycles. The maximum absolute atomic E-state index is 13.5. The summed E-state index contributed by atoms with van der Waals surface area (Å²) in [4.78, 5) is 31.3. The Bertz CT molecular complexity index is 1490.